The van der Waals surface area contributed by atoms with E-state index in [1.165, 1.54) is 44.0 Å². The van der Waals surface area contributed by atoms with Gasteiger partial charge < -0.3 is 10.1 Å². The lowest BCUT2D eigenvalue weighted by Crippen LogP contribution is -2.37. The summed E-state index contributed by atoms with van der Waals surface area (Å²) in [5.74, 6) is -0.742. The Kier molecular flexibility index (Phi) is 5.86. The molecule has 0 atom stereocenters. The number of nitriles is 1. The van der Waals surface area contributed by atoms with Crippen LogP contribution in [0.5, 0.6) is 5.88 Å². The highest BCUT2D eigenvalue weighted by Gasteiger charge is 2.46. The Balaban J connectivity index is 1.68. The largest absolute Gasteiger partial charge is 0.481 e. The molecule has 11 nitrogen and oxygen atoms in total. The smallest absolute Gasteiger partial charge is 0.433 e. The Morgan fingerprint density at radius 2 is 2.00 bits per heavy atom. The van der Waals surface area contributed by atoms with Gasteiger partial charge in [0, 0.05) is 18.3 Å². The first-order valence-corrected chi connectivity index (χ1v) is 9.66. The maximum absolute atomic E-state index is 14.1. The van der Waals surface area contributed by atoms with Crippen molar-refractivity contribution in [3.05, 3.63) is 59.3 Å². The molecule has 1 aliphatic rings. The van der Waals surface area contributed by atoms with E-state index in [1.54, 1.807) is 6.92 Å². The molecule has 0 bridgehead atoms. The Bertz CT molecular complexity index is 1310. The Morgan fingerprint density at radius 1 is 1.26 bits per heavy atom. The summed E-state index contributed by atoms with van der Waals surface area (Å²) in [6.07, 6.45) is 0.430. The van der Waals surface area contributed by atoms with Crippen molar-refractivity contribution in [2.24, 2.45) is 0 Å². The van der Waals surface area contributed by atoms with Gasteiger partial charge in [-0.05, 0) is 19.1 Å². The summed E-state index contributed by atoms with van der Waals surface area (Å²) in [6, 6.07) is 4.55. The highest BCUT2D eigenvalue weighted by molar-refractivity contribution is 6.05. The van der Waals surface area contributed by atoms with Crippen LogP contribution in [0.2, 0.25) is 0 Å². The molecule has 0 radical (unpaired) electrons. The number of amides is 1. The summed E-state index contributed by atoms with van der Waals surface area (Å²) < 4.78 is 47.2. The van der Waals surface area contributed by atoms with Gasteiger partial charge in [0.2, 0.25) is 5.88 Å². The van der Waals surface area contributed by atoms with Crippen LogP contribution in [0.4, 0.5) is 24.5 Å². The van der Waals surface area contributed by atoms with Crippen molar-refractivity contribution >= 4 is 17.3 Å². The molecule has 0 fully saturated rings. The summed E-state index contributed by atoms with van der Waals surface area (Å²) >= 11 is 0. The molecule has 3 aromatic rings. The van der Waals surface area contributed by atoms with Gasteiger partial charge in [-0.15, -0.1) is 4.80 Å². The van der Waals surface area contributed by atoms with Gasteiger partial charge in [-0.25, -0.2) is 15.4 Å². The number of hydrogen-bond acceptors (Lipinski definition) is 9. The number of hydrazine groups is 1. The number of methoxy groups -OCH3 is 1. The number of hydrogen-bond donors (Lipinski definition) is 2. The van der Waals surface area contributed by atoms with Crippen molar-refractivity contribution < 1.29 is 22.7 Å². The van der Waals surface area contributed by atoms with Crippen LogP contribution in [0, 0.1) is 18.3 Å². The molecule has 0 saturated carbocycles. The molecule has 0 aliphatic carbocycles. The van der Waals surface area contributed by atoms with E-state index in [-0.39, 0.29) is 28.6 Å². The van der Waals surface area contributed by atoms with Gasteiger partial charge >= 0.3 is 6.18 Å². The van der Waals surface area contributed by atoms with Gasteiger partial charge in [0.25, 0.3) is 5.91 Å². The van der Waals surface area contributed by atoms with Crippen LogP contribution in [0.15, 0.2) is 48.2 Å². The number of rotatable bonds is 5. The van der Waals surface area contributed by atoms with Crippen LogP contribution in [-0.4, -0.2) is 50.7 Å². The summed E-state index contributed by atoms with van der Waals surface area (Å²) in [6.45, 7) is 1.17. The quantitative estimate of drug-likeness (QED) is 0.573. The van der Waals surface area contributed by atoms with Crippen LogP contribution < -0.4 is 20.5 Å². The van der Waals surface area contributed by atoms with Crippen LogP contribution in [0.1, 0.15) is 11.1 Å². The lowest BCUT2D eigenvalue weighted by atomic mass is 10.1. The zero-order valence-corrected chi connectivity index (χ0v) is 17.8. The van der Waals surface area contributed by atoms with E-state index >= 15 is 0 Å². The maximum Gasteiger partial charge on any atom is 0.433 e. The third-order valence-electron chi connectivity index (χ3n) is 4.88. The SMILES string of the molecule is COc1nccc(N2NCC(C(=O)Nc3cnc(-n4nccn4)c(C#N)c3)=C2C(F)(F)F)c1C. The van der Waals surface area contributed by atoms with E-state index in [0.29, 0.717) is 5.56 Å². The van der Waals surface area contributed by atoms with E-state index in [2.05, 4.69) is 30.9 Å². The Hall–Kier alpha value is -4.51. The molecule has 4 rings (SSSR count). The monoisotopic (exact) mass is 471 g/mol. The van der Waals surface area contributed by atoms with E-state index in [4.69, 9.17) is 4.74 Å². The predicted molar refractivity (Wildman–Crippen MR) is 112 cm³/mol. The molecule has 3 aromatic heterocycles. The molecule has 1 amide bonds. The number of carbonyl (C=O) groups excluding carboxylic acids is 1. The minimum absolute atomic E-state index is 0.0182. The fourth-order valence-electron chi connectivity index (χ4n) is 3.40. The molecule has 4 heterocycles. The molecule has 0 saturated heterocycles. The van der Waals surface area contributed by atoms with Gasteiger partial charge in [0.15, 0.2) is 5.82 Å². The summed E-state index contributed by atoms with van der Waals surface area (Å²) in [4.78, 5) is 22.0. The average molecular weight is 471 g/mol. The first kappa shape index (κ1) is 22.7. The van der Waals surface area contributed by atoms with E-state index in [9.17, 15) is 23.2 Å². The van der Waals surface area contributed by atoms with Gasteiger partial charge in [-0.1, -0.05) is 0 Å². The number of allylic oxidation sites excluding steroid dienone is 1. The highest BCUT2D eigenvalue weighted by atomic mass is 19.4. The molecule has 174 valence electrons. The van der Waals surface area contributed by atoms with Crippen molar-refractivity contribution in [3.63, 3.8) is 0 Å². The molecule has 2 N–H and O–H groups in total. The van der Waals surface area contributed by atoms with Gasteiger partial charge in [-0.3, -0.25) is 9.80 Å². The molecule has 0 aromatic carbocycles. The normalized spacial score (nSPS) is 13.7. The molecule has 1 aliphatic heterocycles. The molecule has 0 spiro atoms. The molecule has 14 heteroatoms. The van der Waals surface area contributed by atoms with Crippen molar-refractivity contribution in [3.8, 4) is 17.8 Å². The number of alkyl halides is 3. The maximum atomic E-state index is 14.1. The van der Waals surface area contributed by atoms with Crippen LogP contribution in [-0.2, 0) is 4.79 Å². The Labute approximate surface area is 190 Å². The minimum Gasteiger partial charge on any atom is -0.481 e. The summed E-state index contributed by atoms with van der Waals surface area (Å²) in [5.41, 5.74) is 1.42. The molecule has 34 heavy (non-hydrogen) atoms. The van der Waals surface area contributed by atoms with Gasteiger partial charge in [-0.2, -0.15) is 28.6 Å². The fraction of sp³-hybridized carbons (Fsp3) is 0.200. The van der Waals surface area contributed by atoms with Crippen LogP contribution in [0.25, 0.3) is 5.82 Å². The van der Waals surface area contributed by atoms with E-state index < -0.39 is 29.9 Å². The van der Waals surface area contributed by atoms with Crippen LogP contribution in [0.3, 0.4) is 0 Å². The average Bonchev–Trinajstić information content (AvgIpc) is 3.49. The first-order valence-electron chi connectivity index (χ1n) is 9.66. The summed E-state index contributed by atoms with van der Waals surface area (Å²) in [5, 5.41) is 20.3. The van der Waals surface area contributed by atoms with Crippen molar-refractivity contribution in [2.45, 2.75) is 13.1 Å². The number of nitrogens with one attached hydrogen (secondary N) is 2. The fourth-order valence-corrected chi connectivity index (χ4v) is 3.40. The number of aromatic nitrogens is 5. The van der Waals surface area contributed by atoms with Crippen molar-refractivity contribution in [2.75, 3.05) is 24.0 Å². The minimum atomic E-state index is -4.86. The zero-order valence-electron chi connectivity index (χ0n) is 17.8. The zero-order chi connectivity index (χ0) is 24.5. The van der Waals surface area contributed by atoms with Gasteiger partial charge in [0.1, 0.15) is 17.3 Å². The predicted octanol–water partition coefficient (Wildman–Crippen LogP) is 2.03. The van der Waals surface area contributed by atoms with Crippen molar-refractivity contribution in [1.82, 2.24) is 30.4 Å². The topological polar surface area (TPSA) is 134 Å². The second kappa shape index (κ2) is 8.79. The highest BCUT2D eigenvalue weighted by Crippen LogP contribution is 2.38. The molecular formula is C20H16F3N9O2. The number of pyridine rings is 2. The third-order valence-corrected chi connectivity index (χ3v) is 4.88. The number of carbonyl (C=O) groups is 1. The number of ether oxygens (including phenoxy) is 1. The first-order chi connectivity index (χ1) is 16.2. The standard InChI is InChI=1S/C20H16F3N9O2/c1-11-15(3-4-25-19(11)34-2)31-16(20(21,22)23)14(10-29-31)18(33)30-13-7-12(8-24)17(26-9-13)32-27-5-6-28-32/h3-7,9,29H,10H2,1-2H3,(H,30,33). The lowest BCUT2D eigenvalue weighted by molar-refractivity contribution is -0.114. The Morgan fingerprint density at radius 3 is 2.65 bits per heavy atom. The van der Waals surface area contributed by atoms with E-state index in [0.717, 1.165) is 9.81 Å². The van der Waals surface area contributed by atoms with Crippen LogP contribution >= 0.6 is 0 Å². The van der Waals surface area contributed by atoms with Crippen molar-refractivity contribution in [1.29, 1.82) is 5.26 Å². The third kappa shape index (κ3) is 4.11. The number of nitrogens with zero attached hydrogens (tertiary/aromatic N) is 7. The second-order valence-electron chi connectivity index (χ2n) is 6.94. The van der Waals surface area contributed by atoms with Gasteiger partial charge in [0.05, 0.1) is 42.6 Å². The number of anilines is 2. The summed E-state index contributed by atoms with van der Waals surface area (Å²) in [7, 11) is 1.35. The lowest BCUT2D eigenvalue weighted by Gasteiger charge is -2.25. The molecular weight excluding hydrogens is 455 g/mol. The second-order valence-corrected chi connectivity index (χ2v) is 6.94. The molecule has 0 unspecified atom stereocenters. The van der Waals surface area contributed by atoms with E-state index in [1.807, 2.05) is 6.07 Å². The number of halogens is 3.